The van der Waals surface area contributed by atoms with E-state index >= 15 is 0 Å². The summed E-state index contributed by atoms with van der Waals surface area (Å²) in [6.07, 6.45) is 5.72. The van der Waals surface area contributed by atoms with Crippen LogP contribution in [0.5, 0.6) is 0 Å². The Kier molecular flexibility index (Phi) is 3.80. The molecule has 0 aliphatic carbocycles. The van der Waals surface area contributed by atoms with Gasteiger partial charge in [-0.2, -0.15) is 0 Å². The molecule has 0 aromatic heterocycles. The van der Waals surface area contributed by atoms with E-state index in [0.29, 0.717) is 0 Å². The van der Waals surface area contributed by atoms with Crippen LogP contribution in [0, 0.1) is 0 Å². The summed E-state index contributed by atoms with van der Waals surface area (Å²) >= 11 is 0. The van der Waals surface area contributed by atoms with Crippen molar-refractivity contribution < 1.29 is 0 Å². The third kappa shape index (κ3) is 3.40. The minimum Gasteiger partial charge on any atom is -0.384 e. The molecule has 1 aliphatic rings. The number of rotatable bonds is 4. The normalized spacial score (nSPS) is 16.5. The lowest BCUT2D eigenvalue weighted by molar-refractivity contribution is 0.310. The van der Waals surface area contributed by atoms with Crippen molar-refractivity contribution >= 4 is 5.69 Å². The Bertz CT molecular complexity index is 306. The van der Waals surface area contributed by atoms with Gasteiger partial charge in [-0.25, -0.2) is 0 Å². The number of benzene rings is 1. The highest BCUT2D eigenvalue weighted by atomic mass is 15.1. The lowest BCUT2D eigenvalue weighted by Crippen LogP contribution is -2.31. The third-order valence-electron chi connectivity index (χ3n) is 2.67. The van der Waals surface area contributed by atoms with Crippen LogP contribution in [0.3, 0.4) is 0 Å². The highest BCUT2D eigenvalue weighted by Gasteiger charge is 2.04. The Morgan fingerprint density at radius 1 is 1.13 bits per heavy atom. The van der Waals surface area contributed by atoms with E-state index in [0.717, 1.165) is 19.6 Å². The van der Waals surface area contributed by atoms with E-state index in [4.69, 9.17) is 0 Å². The zero-order valence-electron chi connectivity index (χ0n) is 9.02. The van der Waals surface area contributed by atoms with Crippen molar-refractivity contribution in [3.8, 4) is 0 Å². The second-order valence-corrected chi connectivity index (χ2v) is 3.85. The fourth-order valence-corrected chi connectivity index (χ4v) is 1.81. The predicted octanol–water partition coefficient (Wildman–Crippen LogP) is 2.36. The van der Waals surface area contributed by atoms with E-state index in [1.807, 2.05) is 6.07 Å². The van der Waals surface area contributed by atoms with Crippen LogP contribution >= 0.6 is 0 Å². The molecule has 1 aromatic rings. The van der Waals surface area contributed by atoms with Gasteiger partial charge >= 0.3 is 0 Å². The lowest BCUT2D eigenvalue weighted by atomic mass is 10.2. The maximum atomic E-state index is 3.43. The molecule has 1 N–H and O–H groups in total. The van der Waals surface area contributed by atoms with Gasteiger partial charge in [0.15, 0.2) is 0 Å². The first-order valence-electron chi connectivity index (χ1n) is 5.61. The fraction of sp³-hybridized carbons (Fsp3) is 0.385. The summed E-state index contributed by atoms with van der Waals surface area (Å²) in [5.74, 6) is 0. The van der Waals surface area contributed by atoms with Crippen LogP contribution in [-0.2, 0) is 0 Å². The van der Waals surface area contributed by atoms with Gasteiger partial charge in [-0.3, -0.25) is 4.90 Å². The van der Waals surface area contributed by atoms with Gasteiger partial charge in [0.05, 0.1) is 0 Å². The average Bonchev–Trinajstić information content (AvgIpc) is 2.32. The van der Waals surface area contributed by atoms with Crippen molar-refractivity contribution in [2.45, 2.75) is 6.42 Å². The molecule has 2 rings (SSSR count). The van der Waals surface area contributed by atoms with Crippen LogP contribution in [0.4, 0.5) is 5.69 Å². The van der Waals surface area contributed by atoms with Crippen molar-refractivity contribution in [3.63, 3.8) is 0 Å². The second kappa shape index (κ2) is 5.56. The third-order valence-corrected chi connectivity index (χ3v) is 2.67. The first kappa shape index (κ1) is 10.2. The number of nitrogens with one attached hydrogen (secondary N) is 1. The van der Waals surface area contributed by atoms with Crippen LogP contribution in [0.15, 0.2) is 42.5 Å². The highest BCUT2D eigenvalue weighted by molar-refractivity contribution is 5.42. The summed E-state index contributed by atoms with van der Waals surface area (Å²) in [7, 11) is 0. The lowest BCUT2D eigenvalue weighted by Gasteiger charge is -2.23. The molecule has 80 valence electrons. The quantitative estimate of drug-likeness (QED) is 0.754. The molecule has 0 radical (unpaired) electrons. The van der Waals surface area contributed by atoms with Gasteiger partial charge in [0, 0.05) is 31.9 Å². The molecule has 0 amide bonds. The van der Waals surface area contributed by atoms with Crippen molar-refractivity contribution in [3.05, 3.63) is 42.5 Å². The van der Waals surface area contributed by atoms with Crippen molar-refractivity contribution in [1.82, 2.24) is 4.90 Å². The highest BCUT2D eigenvalue weighted by Crippen LogP contribution is 2.05. The summed E-state index contributed by atoms with van der Waals surface area (Å²) in [6.45, 7) is 4.46. The van der Waals surface area contributed by atoms with Crippen LogP contribution in [0.25, 0.3) is 0 Å². The smallest absolute Gasteiger partial charge is 0.0340 e. The minimum absolute atomic E-state index is 1.03. The molecule has 0 saturated heterocycles. The summed E-state index contributed by atoms with van der Waals surface area (Å²) < 4.78 is 0. The van der Waals surface area contributed by atoms with E-state index in [1.165, 1.54) is 18.7 Å². The molecular weight excluding hydrogens is 184 g/mol. The maximum absolute atomic E-state index is 3.43. The average molecular weight is 202 g/mol. The molecule has 0 fully saturated rings. The van der Waals surface area contributed by atoms with Gasteiger partial charge in [-0.05, 0) is 18.6 Å². The molecule has 0 saturated carbocycles. The Hall–Kier alpha value is -1.28. The summed E-state index contributed by atoms with van der Waals surface area (Å²) in [4.78, 5) is 2.47. The minimum atomic E-state index is 1.03. The molecule has 1 aromatic carbocycles. The number of para-hydroxylation sites is 1. The van der Waals surface area contributed by atoms with E-state index in [1.54, 1.807) is 0 Å². The zero-order valence-corrected chi connectivity index (χ0v) is 9.02. The summed E-state index contributed by atoms with van der Waals surface area (Å²) in [5, 5.41) is 3.43. The maximum Gasteiger partial charge on any atom is 0.0340 e. The standard InChI is InChI=1S/C13H18N2/c1-3-7-13(8-4-1)14-9-12-15-10-5-2-6-11-15/h1-5,7-8,14H,6,9-12H2. The van der Waals surface area contributed by atoms with Crippen LogP contribution in [-0.4, -0.2) is 31.1 Å². The van der Waals surface area contributed by atoms with Crippen molar-refractivity contribution in [2.75, 3.05) is 31.5 Å². The van der Waals surface area contributed by atoms with E-state index in [9.17, 15) is 0 Å². The topological polar surface area (TPSA) is 15.3 Å². The number of hydrogen-bond donors (Lipinski definition) is 1. The Labute approximate surface area is 91.6 Å². The molecule has 1 heterocycles. The SMILES string of the molecule is C1=CCN(CCNc2ccccc2)CC1. The second-order valence-electron chi connectivity index (χ2n) is 3.85. The number of hydrogen-bond acceptors (Lipinski definition) is 2. The van der Waals surface area contributed by atoms with E-state index < -0.39 is 0 Å². The molecule has 2 nitrogen and oxygen atoms in total. The van der Waals surface area contributed by atoms with Gasteiger partial charge in [-0.1, -0.05) is 30.4 Å². The number of nitrogens with zero attached hydrogens (tertiary/aromatic N) is 1. The molecule has 15 heavy (non-hydrogen) atoms. The Balaban J connectivity index is 1.68. The molecule has 0 unspecified atom stereocenters. The summed E-state index contributed by atoms with van der Waals surface area (Å²) in [6, 6.07) is 10.4. The summed E-state index contributed by atoms with van der Waals surface area (Å²) in [5.41, 5.74) is 1.21. The van der Waals surface area contributed by atoms with Gasteiger partial charge in [0.25, 0.3) is 0 Å². The molecule has 1 aliphatic heterocycles. The first-order chi connectivity index (χ1) is 7.45. The zero-order chi connectivity index (χ0) is 10.3. The van der Waals surface area contributed by atoms with E-state index in [2.05, 4.69) is 46.6 Å². The predicted molar refractivity (Wildman–Crippen MR) is 65.1 cm³/mol. The molecule has 0 atom stereocenters. The molecule has 2 heteroatoms. The molecule has 0 spiro atoms. The van der Waals surface area contributed by atoms with E-state index in [-0.39, 0.29) is 0 Å². The van der Waals surface area contributed by atoms with Gasteiger partial charge in [-0.15, -0.1) is 0 Å². The van der Waals surface area contributed by atoms with Crippen LogP contribution in [0.2, 0.25) is 0 Å². The Morgan fingerprint density at radius 3 is 2.73 bits per heavy atom. The monoisotopic (exact) mass is 202 g/mol. The first-order valence-corrected chi connectivity index (χ1v) is 5.61. The van der Waals surface area contributed by atoms with Gasteiger partial charge < -0.3 is 5.32 Å². The van der Waals surface area contributed by atoms with Crippen LogP contribution < -0.4 is 5.32 Å². The number of anilines is 1. The van der Waals surface area contributed by atoms with Crippen molar-refractivity contribution in [1.29, 1.82) is 0 Å². The van der Waals surface area contributed by atoms with Crippen molar-refractivity contribution in [2.24, 2.45) is 0 Å². The fourth-order valence-electron chi connectivity index (χ4n) is 1.81. The molecule has 0 bridgehead atoms. The molecular formula is C13H18N2. The van der Waals surface area contributed by atoms with Gasteiger partial charge in [0.2, 0.25) is 0 Å². The van der Waals surface area contributed by atoms with Crippen LogP contribution in [0.1, 0.15) is 6.42 Å². The largest absolute Gasteiger partial charge is 0.384 e. The Morgan fingerprint density at radius 2 is 2.00 bits per heavy atom. The van der Waals surface area contributed by atoms with Gasteiger partial charge in [0.1, 0.15) is 0 Å².